The molecule has 0 fully saturated rings. The maximum atomic E-state index is 9.08. The number of aromatic nitrogens is 1. The van der Waals surface area contributed by atoms with Gasteiger partial charge in [-0.25, -0.2) is 4.98 Å². The van der Waals surface area contributed by atoms with Gasteiger partial charge in [0.25, 0.3) is 0 Å². The van der Waals surface area contributed by atoms with Crippen molar-refractivity contribution in [3.05, 3.63) is 35.9 Å². The molecule has 0 spiro atoms. The van der Waals surface area contributed by atoms with Gasteiger partial charge in [0.2, 0.25) is 0 Å². The van der Waals surface area contributed by atoms with E-state index in [2.05, 4.69) is 23.3 Å². The number of pyridine rings is 1. The van der Waals surface area contributed by atoms with E-state index >= 15 is 0 Å². The Morgan fingerprint density at radius 2 is 2.19 bits per heavy atom. The lowest BCUT2D eigenvalue weighted by atomic mass is 10.1. The molecule has 1 aromatic heterocycles. The number of hydrogen-bond donors (Lipinski definition) is 1. The first kappa shape index (κ1) is 10.4. The highest BCUT2D eigenvalue weighted by molar-refractivity contribution is 5.86. The minimum absolute atomic E-state index is 0.671. The Hall–Kier alpha value is -2.08. The second kappa shape index (κ2) is 4.63. The molecule has 0 radical (unpaired) electrons. The monoisotopic (exact) mass is 211 g/mol. The van der Waals surface area contributed by atoms with Crippen molar-refractivity contribution in [2.75, 3.05) is 11.9 Å². The van der Waals surface area contributed by atoms with Crippen LogP contribution in [0.15, 0.2) is 30.3 Å². The number of nitrogens with one attached hydrogen (secondary N) is 1. The van der Waals surface area contributed by atoms with Crippen molar-refractivity contribution >= 4 is 16.7 Å². The third-order valence-corrected chi connectivity index (χ3v) is 2.39. The molecular weight excluding hydrogens is 198 g/mol. The quantitative estimate of drug-likeness (QED) is 0.849. The third kappa shape index (κ3) is 1.96. The lowest BCUT2D eigenvalue weighted by Gasteiger charge is -2.06. The fourth-order valence-electron chi connectivity index (χ4n) is 1.61. The second-order valence-corrected chi connectivity index (χ2v) is 3.61. The molecule has 0 aliphatic carbocycles. The average Bonchev–Trinajstić information content (AvgIpc) is 2.35. The molecule has 16 heavy (non-hydrogen) atoms. The van der Waals surface area contributed by atoms with Crippen molar-refractivity contribution in [2.45, 2.75) is 13.3 Å². The highest BCUT2D eigenvalue weighted by atomic mass is 15.0. The van der Waals surface area contributed by atoms with E-state index in [9.17, 15) is 0 Å². The standard InChI is InChI=1S/C13H13N3/c1-2-7-15-13-8-10(9-14)11-5-3-4-6-12(11)16-13/h3-6,8H,2,7H2,1H3,(H,15,16). The topological polar surface area (TPSA) is 48.7 Å². The van der Waals surface area contributed by atoms with E-state index in [1.165, 1.54) is 0 Å². The van der Waals surface area contributed by atoms with Crippen molar-refractivity contribution in [1.82, 2.24) is 4.98 Å². The molecule has 2 rings (SSSR count). The normalized spacial score (nSPS) is 10.0. The summed E-state index contributed by atoms with van der Waals surface area (Å²) in [6, 6.07) is 11.7. The minimum Gasteiger partial charge on any atom is -0.370 e. The molecule has 0 saturated carbocycles. The Morgan fingerprint density at radius 1 is 1.38 bits per heavy atom. The van der Waals surface area contributed by atoms with Crippen molar-refractivity contribution < 1.29 is 0 Å². The fraction of sp³-hybridized carbons (Fsp3) is 0.231. The average molecular weight is 211 g/mol. The highest BCUT2D eigenvalue weighted by Gasteiger charge is 2.03. The summed E-state index contributed by atoms with van der Waals surface area (Å²) in [7, 11) is 0. The van der Waals surface area contributed by atoms with E-state index in [1.807, 2.05) is 24.3 Å². The highest BCUT2D eigenvalue weighted by Crippen LogP contribution is 2.19. The largest absolute Gasteiger partial charge is 0.370 e. The SMILES string of the molecule is CCCNc1cc(C#N)c2ccccc2n1. The van der Waals surface area contributed by atoms with Crippen LogP contribution in [0.1, 0.15) is 18.9 Å². The number of anilines is 1. The van der Waals surface area contributed by atoms with Crippen LogP contribution in [0.3, 0.4) is 0 Å². The number of benzene rings is 1. The predicted molar refractivity (Wildman–Crippen MR) is 65.2 cm³/mol. The van der Waals surface area contributed by atoms with Gasteiger partial charge in [0.05, 0.1) is 17.1 Å². The number of hydrogen-bond acceptors (Lipinski definition) is 3. The van der Waals surface area contributed by atoms with Crippen LogP contribution in [0.2, 0.25) is 0 Å². The van der Waals surface area contributed by atoms with Crippen LogP contribution in [0.4, 0.5) is 5.82 Å². The van der Waals surface area contributed by atoms with E-state index in [0.717, 1.165) is 29.7 Å². The van der Waals surface area contributed by atoms with Crippen LogP contribution in [-0.4, -0.2) is 11.5 Å². The van der Waals surface area contributed by atoms with Crippen LogP contribution < -0.4 is 5.32 Å². The van der Waals surface area contributed by atoms with E-state index < -0.39 is 0 Å². The molecule has 0 aliphatic heterocycles. The first-order chi connectivity index (χ1) is 7.85. The van der Waals surface area contributed by atoms with Crippen molar-refractivity contribution in [3.63, 3.8) is 0 Å². The molecule has 0 bridgehead atoms. The second-order valence-electron chi connectivity index (χ2n) is 3.61. The van der Waals surface area contributed by atoms with Crippen LogP contribution in [-0.2, 0) is 0 Å². The molecule has 0 amide bonds. The van der Waals surface area contributed by atoms with Gasteiger partial charge in [0, 0.05) is 11.9 Å². The first-order valence-electron chi connectivity index (χ1n) is 5.39. The molecule has 80 valence electrons. The third-order valence-electron chi connectivity index (χ3n) is 2.39. The summed E-state index contributed by atoms with van der Waals surface area (Å²) < 4.78 is 0. The van der Waals surface area contributed by atoms with Crippen molar-refractivity contribution in [3.8, 4) is 6.07 Å². The molecule has 3 nitrogen and oxygen atoms in total. The lowest BCUT2D eigenvalue weighted by Crippen LogP contribution is -2.02. The van der Waals surface area contributed by atoms with E-state index in [1.54, 1.807) is 6.07 Å². The Bertz CT molecular complexity index is 540. The Labute approximate surface area is 94.7 Å². The minimum atomic E-state index is 0.671. The molecule has 1 aromatic carbocycles. The number of nitriles is 1. The molecule has 1 heterocycles. The van der Waals surface area contributed by atoms with Crippen LogP contribution in [0, 0.1) is 11.3 Å². The van der Waals surface area contributed by atoms with Gasteiger partial charge in [-0.1, -0.05) is 25.1 Å². The van der Waals surface area contributed by atoms with Gasteiger partial charge >= 0.3 is 0 Å². The fourth-order valence-corrected chi connectivity index (χ4v) is 1.61. The molecule has 2 aromatic rings. The summed E-state index contributed by atoms with van der Waals surface area (Å²) in [6.07, 6.45) is 1.04. The summed E-state index contributed by atoms with van der Waals surface area (Å²) in [5.41, 5.74) is 1.53. The molecule has 0 unspecified atom stereocenters. The number of nitrogens with zero attached hydrogens (tertiary/aromatic N) is 2. The van der Waals surface area contributed by atoms with Gasteiger partial charge in [-0.3, -0.25) is 0 Å². The maximum absolute atomic E-state index is 9.08. The number of para-hydroxylation sites is 1. The zero-order chi connectivity index (χ0) is 11.4. The Balaban J connectivity index is 2.51. The van der Waals surface area contributed by atoms with Gasteiger partial charge in [-0.05, 0) is 18.6 Å². The summed E-state index contributed by atoms with van der Waals surface area (Å²) in [5, 5.41) is 13.2. The zero-order valence-electron chi connectivity index (χ0n) is 9.20. The van der Waals surface area contributed by atoms with E-state index in [0.29, 0.717) is 5.56 Å². The van der Waals surface area contributed by atoms with Gasteiger partial charge in [-0.15, -0.1) is 0 Å². The smallest absolute Gasteiger partial charge is 0.127 e. The molecule has 3 heteroatoms. The summed E-state index contributed by atoms with van der Waals surface area (Å²) in [6.45, 7) is 2.97. The van der Waals surface area contributed by atoms with E-state index in [-0.39, 0.29) is 0 Å². The summed E-state index contributed by atoms with van der Waals surface area (Å²) in [5.74, 6) is 0.775. The zero-order valence-corrected chi connectivity index (χ0v) is 9.20. The molecule has 0 atom stereocenters. The summed E-state index contributed by atoms with van der Waals surface area (Å²) >= 11 is 0. The van der Waals surface area contributed by atoms with Crippen molar-refractivity contribution in [1.29, 1.82) is 5.26 Å². The molecular formula is C13H13N3. The van der Waals surface area contributed by atoms with Gasteiger partial charge < -0.3 is 5.32 Å². The van der Waals surface area contributed by atoms with Crippen LogP contribution in [0.5, 0.6) is 0 Å². The van der Waals surface area contributed by atoms with Gasteiger partial charge in [0.15, 0.2) is 0 Å². The van der Waals surface area contributed by atoms with Crippen LogP contribution in [0.25, 0.3) is 10.9 Å². The Morgan fingerprint density at radius 3 is 2.94 bits per heavy atom. The van der Waals surface area contributed by atoms with Crippen LogP contribution >= 0.6 is 0 Å². The number of fused-ring (bicyclic) bond motifs is 1. The maximum Gasteiger partial charge on any atom is 0.127 e. The first-order valence-corrected chi connectivity index (χ1v) is 5.39. The summed E-state index contributed by atoms with van der Waals surface area (Å²) in [4.78, 5) is 4.46. The Kier molecular flexibility index (Phi) is 3.02. The van der Waals surface area contributed by atoms with Crippen molar-refractivity contribution in [2.24, 2.45) is 0 Å². The molecule has 1 N–H and O–H groups in total. The molecule has 0 aliphatic rings. The predicted octanol–water partition coefficient (Wildman–Crippen LogP) is 2.93. The van der Waals surface area contributed by atoms with Gasteiger partial charge in [-0.2, -0.15) is 5.26 Å². The lowest BCUT2D eigenvalue weighted by molar-refractivity contribution is 0.971. The number of rotatable bonds is 3. The van der Waals surface area contributed by atoms with E-state index in [4.69, 9.17) is 5.26 Å². The van der Waals surface area contributed by atoms with Gasteiger partial charge in [0.1, 0.15) is 5.82 Å². The molecule has 0 saturated heterocycles.